The molecular weight excluding hydrogens is 260 g/mol. The molecule has 1 N–H and O–H groups in total. The molecule has 0 aliphatic rings. The Labute approximate surface area is 117 Å². The standard InChI is InChI=1S/C14H18N2O2S/c1-4-15-8-10-9-19-14(16-10)12-7-11(17-2)5-6-13(12)18-3/h5-7,9,15H,4,8H2,1-3H3. The fourth-order valence-corrected chi connectivity index (χ4v) is 2.59. The number of hydrogen-bond donors (Lipinski definition) is 1. The first-order chi connectivity index (χ1) is 9.28. The first-order valence-corrected chi connectivity index (χ1v) is 7.04. The Kier molecular flexibility index (Phi) is 4.76. The Balaban J connectivity index is 2.31. The highest BCUT2D eigenvalue weighted by atomic mass is 32.1. The van der Waals surface area contributed by atoms with E-state index >= 15 is 0 Å². The van der Waals surface area contributed by atoms with Crippen LogP contribution < -0.4 is 14.8 Å². The third-order valence-corrected chi connectivity index (χ3v) is 3.67. The van der Waals surface area contributed by atoms with Gasteiger partial charge in [0, 0.05) is 11.9 Å². The highest BCUT2D eigenvalue weighted by Gasteiger charge is 2.11. The Bertz CT molecular complexity index is 540. The van der Waals surface area contributed by atoms with Crippen LogP contribution in [0.4, 0.5) is 0 Å². The molecule has 0 radical (unpaired) electrons. The lowest BCUT2D eigenvalue weighted by Gasteiger charge is -2.08. The maximum atomic E-state index is 5.39. The van der Waals surface area contributed by atoms with Gasteiger partial charge in [0.2, 0.25) is 0 Å². The van der Waals surface area contributed by atoms with Crippen molar-refractivity contribution in [3.63, 3.8) is 0 Å². The SMILES string of the molecule is CCNCc1csc(-c2cc(OC)ccc2OC)n1. The summed E-state index contributed by atoms with van der Waals surface area (Å²) in [6, 6.07) is 5.74. The van der Waals surface area contributed by atoms with Crippen molar-refractivity contribution in [2.45, 2.75) is 13.5 Å². The zero-order chi connectivity index (χ0) is 13.7. The molecule has 0 atom stereocenters. The molecule has 0 aliphatic carbocycles. The van der Waals surface area contributed by atoms with Crippen LogP contribution in [0.15, 0.2) is 23.6 Å². The van der Waals surface area contributed by atoms with Gasteiger partial charge in [-0.1, -0.05) is 6.92 Å². The summed E-state index contributed by atoms with van der Waals surface area (Å²) in [7, 11) is 3.32. The third kappa shape index (κ3) is 3.24. The molecule has 0 amide bonds. The smallest absolute Gasteiger partial charge is 0.129 e. The molecule has 0 saturated carbocycles. The predicted molar refractivity (Wildman–Crippen MR) is 78.0 cm³/mol. The van der Waals surface area contributed by atoms with Crippen LogP contribution in [0.5, 0.6) is 11.5 Å². The third-order valence-electron chi connectivity index (χ3n) is 2.74. The molecule has 102 valence electrons. The van der Waals surface area contributed by atoms with E-state index in [0.29, 0.717) is 0 Å². The van der Waals surface area contributed by atoms with Crippen molar-refractivity contribution in [3.8, 4) is 22.1 Å². The second-order valence-electron chi connectivity index (χ2n) is 3.99. The van der Waals surface area contributed by atoms with Crippen molar-refractivity contribution in [2.24, 2.45) is 0 Å². The van der Waals surface area contributed by atoms with E-state index in [1.165, 1.54) is 0 Å². The molecular formula is C14H18N2O2S. The van der Waals surface area contributed by atoms with Crippen LogP contribution in [0, 0.1) is 0 Å². The summed E-state index contributed by atoms with van der Waals surface area (Å²) in [6.45, 7) is 3.81. The van der Waals surface area contributed by atoms with E-state index in [1.54, 1.807) is 25.6 Å². The van der Waals surface area contributed by atoms with Gasteiger partial charge in [0.05, 0.1) is 25.5 Å². The molecule has 0 unspecified atom stereocenters. The number of nitrogens with zero attached hydrogens (tertiary/aromatic N) is 1. The summed E-state index contributed by atoms with van der Waals surface area (Å²) in [6.07, 6.45) is 0. The number of thiazole rings is 1. The number of ether oxygens (including phenoxy) is 2. The first kappa shape index (κ1) is 13.8. The van der Waals surface area contributed by atoms with E-state index in [1.807, 2.05) is 18.2 Å². The summed E-state index contributed by atoms with van der Waals surface area (Å²) < 4.78 is 10.6. The molecule has 1 heterocycles. The lowest BCUT2D eigenvalue weighted by Crippen LogP contribution is -2.11. The van der Waals surface area contributed by atoms with E-state index in [2.05, 4.69) is 22.6 Å². The van der Waals surface area contributed by atoms with Gasteiger partial charge in [0.1, 0.15) is 16.5 Å². The Morgan fingerprint density at radius 3 is 2.79 bits per heavy atom. The largest absolute Gasteiger partial charge is 0.497 e. The maximum Gasteiger partial charge on any atom is 0.129 e. The molecule has 19 heavy (non-hydrogen) atoms. The van der Waals surface area contributed by atoms with Crippen LogP contribution in [-0.4, -0.2) is 25.7 Å². The molecule has 1 aromatic heterocycles. The summed E-state index contributed by atoms with van der Waals surface area (Å²) >= 11 is 1.62. The van der Waals surface area contributed by atoms with Crippen molar-refractivity contribution >= 4 is 11.3 Å². The summed E-state index contributed by atoms with van der Waals surface area (Å²) in [5.74, 6) is 1.62. The lowest BCUT2D eigenvalue weighted by atomic mass is 10.2. The number of aromatic nitrogens is 1. The van der Waals surface area contributed by atoms with Crippen molar-refractivity contribution < 1.29 is 9.47 Å². The normalized spacial score (nSPS) is 10.5. The highest BCUT2D eigenvalue weighted by Crippen LogP contribution is 2.35. The summed E-state index contributed by atoms with van der Waals surface area (Å²) in [4.78, 5) is 4.62. The van der Waals surface area contributed by atoms with Gasteiger partial charge in [-0.2, -0.15) is 0 Å². The van der Waals surface area contributed by atoms with E-state index in [0.717, 1.165) is 40.9 Å². The number of benzene rings is 1. The van der Waals surface area contributed by atoms with Crippen molar-refractivity contribution in [3.05, 3.63) is 29.3 Å². The molecule has 0 aliphatic heterocycles. The second-order valence-corrected chi connectivity index (χ2v) is 4.85. The molecule has 4 nitrogen and oxygen atoms in total. The van der Waals surface area contributed by atoms with Gasteiger partial charge in [0.15, 0.2) is 0 Å². The van der Waals surface area contributed by atoms with Crippen molar-refractivity contribution in [2.75, 3.05) is 20.8 Å². The number of hydrogen-bond acceptors (Lipinski definition) is 5. The fraction of sp³-hybridized carbons (Fsp3) is 0.357. The number of nitrogens with one attached hydrogen (secondary N) is 1. The van der Waals surface area contributed by atoms with Gasteiger partial charge in [-0.15, -0.1) is 11.3 Å². The minimum absolute atomic E-state index is 0.791. The molecule has 0 fully saturated rings. The van der Waals surface area contributed by atoms with Crippen LogP contribution >= 0.6 is 11.3 Å². The molecule has 5 heteroatoms. The van der Waals surface area contributed by atoms with Gasteiger partial charge in [-0.05, 0) is 24.7 Å². The number of rotatable bonds is 6. The Morgan fingerprint density at radius 2 is 2.11 bits per heavy atom. The zero-order valence-electron chi connectivity index (χ0n) is 11.4. The van der Waals surface area contributed by atoms with Gasteiger partial charge < -0.3 is 14.8 Å². The second kappa shape index (κ2) is 6.54. The number of methoxy groups -OCH3 is 2. The lowest BCUT2D eigenvalue weighted by molar-refractivity contribution is 0.404. The molecule has 2 rings (SSSR count). The summed E-state index contributed by atoms with van der Waals surface area (Å²) in [5, 5.41) is 6.28. The molecule has 0 bridgehead atoms. The predicted octanol–water partition coefficient (Wildman–Crippen LogP) is 2.94. The maximum absolute atomic E-state index is 5.39. The fourth-order valence-electron chi connectivity index (χ4n) is 1.75. The molecule has 2 aromatic rings. The Morgan fingerprint density at radius 1 is 1.26 bits per heavy atom. The van der Waals surface area contributed by atoms with E-state index in [9.17, 15) is 0 Å². The van der Waals surface area contributed by atoms with Gasteiger partial charge in [-0.3, -0.25) is 0 Å². The monoisotopic (exact) mass is 278 g/mol. The van der Waals surface area contributed by atoms with E-state index < -0.39 is 0 Å². The van der Waals surface area contributed by atoms with E-state index in [-0.39, 0.29) is 0 Å². The average Bonchev–Trinajstić information content (AvgIpc) is 2.93. The van der Waals surface area contributed by atoms with Crippen molar-refractivity contribution in [1.82, 2.24) is 10.3 Å². The van der Waals surface area contributed by atoms with Crippen molar-refractivity contribution in [1.29, 1.82) is 0 Å². The Hall–Kier alpha value is -1.59. The molecule has 0 spiro atoms. The molecule has 1 aromatic carbocycles. The summed E-state index contributed by atoms with van der Waals surface area (Å²) in [5.41, 5.74) is 2.02. The zero-order valence-corrected chi connectivity index (χ0v) is 12.2. The van der Waals surface area contributed by atoms with Gasteiger partial charge >= 0.3 is 0 Å². The first-order valence-electron chi connectivity index (χ1n) is 6.16. The van der Waals surface area contributed by atoms with Crippen LogP contribution in [0.25, 0.3) is 10.6 Å². The minimum Gasteiger partial charge on any atom is -0.497 e. The topological polar surface area (TPSA) is 43.4 Å². The quantitative estimate of drug-likeness (QED) is 0.882. The minimum atomic E-state index is 0.791. The van der Waals surface area contributed by atoms with E-state index in [4.69, 9.17) is 9.47 Å². The van der Waals surface area contributed by atoms with Gasteiger partial charge in [0.25, 0.3) is 0 Å². The van der Waals surface area contributed by atoms with Crippen LogP contribution in [0.3, 0.4) is 0 Å². The van der Waals surface area contributed by atoms with Crippen LogP contribution in [-0.2, 0) is 6.54 Å². The highest BCUT2D eigenvalue weighted by molar-refractivity contribution is 7.13. The average molecular weight is 278 g/mol. The van der Waals surface area contributed by atoms with Crippen LogP contribution in [0.2, 0.25) is 0 Å². The van der Waals surface area contributed by atoms with Crippen LogP contribution in [0.1, 0.15) is 12.6 Å². The molecule has 0 saturated heterocycles. The van der Waals surface area contributed by atoms with Gasteiger partial charge in [-0.25, -0.2) is 4.98 Å².